The molecule has 0 aliphatic rings. The topological polar surface area (TPSA) is 29.4 Å². The van der Waals surface area contributed by atoms with Crippen molar-refractivity contribution in [2.45, 2.75) is 6.92 Å². The Labute approximate surface area is 77.6 Å². The Morgan fingerprint density at radius 3 is 2.62 bits per heavy atom. The van der Waals surface area contributed by atoms with E-state index in [1.807, 2.05) is 31.2 Å². The lowest BCUT2D eigenvalue weighted by Crippen LogP contribution is -1.86. The Bertz CT molecular complexity index is 345. The second-order valence-corrected chi connectivity index (χ2v) is 2.88. The molecule has 0 bridgehead atoms. The summed E-state index contributed by atoms with van der Waals surface area (Å²) in [7, 11) is 0. The van der Waals surface area contributed by atoms with Gasteiger partial charge in [-0.25, -0.2) is 9.79 Å². The fraction of sp³-hybridized carbons (Fsp3) is 0.182. The minimum atomic E-state index is 0.326. The molecular weight excluding hydrogens is 162 g/mol. The van der Waals surface area contributed by atoms with E-state index in [4.69, 9.17) is 0 Å². The van der Waals surface area contributed by atoms with Crippen molar-refractivity contribution in [3.8, 4) is 0 Å². The van der Waals surface area contributed by atoms with E-state index in [2.05, 4.69) is 11.6 Å². The van der Waals surface area contributed by atoms with Crippen molar-refractivity contribution in [3.05, 3.63) is 42.0 Å². The van der Waals surface area contributed by atoms with Crippen molar-refractivity contribution < 1.29 is 4.79 Å². The second-order valence-electron chi connectivity index (χ2n) is 2.88. The van der Waals surface area contributed by atoms with Crippen LogP contribution in [0.1, 0.15) is 11.1 Å². The summed E-state index contributed by atoms with van der Waals surface area (Å²) in [6.07, 6.45) is 1.49. The third kappa shape index (κ3) is 2.69. The fourth-order valence-electron chi connectivity index (χ4n) is 1.01. The third-order valence-electron chi connectivity index (χ3n) is 1.79. The Morgan fingerprint density at radius 1 is 1.46 bits per heavy atom. The number of benzene rings is 1. The Hall–Kier alpha value is -1.66. The lowest BCUT2D eigenvalue weighted by molar-refractivity contribution is 0.564. The predicted molar refractivity (Wildman–Crippen MR) is 53.2 cm³/mol. The van der Waals surface area contributed by atoms with Crippen LogP contribution in [-0.2, 0) is 4.79 Å². The van der Waals surface area contributed by atoms with E-state index < -0.39 is 0 Å². The maximum Gasteiger partial charge on any atom is 0.235 e. The van der Waals surface area contributed by atoms with Crippen molar-refractivity contribution in [1.29, 1.82) is 0 Å². The van der Waals surface area contributed by atoms with Gasteiger partial charge in [0.2, 0.25) is 6.08 Å². The molecule has 1 rings (SSSR count). The first-order valence-electron chi connectivity index (χ1n) is 4.02. The third-order valence-corrected chi connectivity index (χ3v) is 1.79. The van der Waals surface area contributed by atoms with Crippen LogP contribution in [0.2, 0.25) is 0 Å². The molecule has 0 N–H and O–H groups in total. The van der Waals surface area contributed by atoms with Crippen LogP contribution in [0.15, 0.2) is 35.8 Å². The molecule has 0 amide bonds. The van der Waals surface area contributed by atoms with Crippen molar-refractivity contribution in [1.82, 2.24) is 0 Å². The molecule has 0 atom stereocenters. The van der Waals surface area contributed by atoms with Gasteiger partial charge in [-0.05, 0) is 18.1 Å². The molecule has 13 heavy (non-hydrogen) atoms. The van der Waals surface area contributed by atoms with E-state index in [1.165, 1.54) is 11.6 Å². The van der Waals surface area contributed by atoms with Gasteiger partial charge in [0.25, 0.3) is 0 Å². The standard InChI is InChI=1S/C11H11NO/c1-9-3-5-11(6-4-9)10(2)7-12-8-13/h3-6H,2,7H2,1H3. The van der Waals surface area contributed by atoms with Gasteiger partial charge in [0.1, 0.15) is 0 Å². The predicted octanol–water partition coefficient (Wildman–Crippen LogP) is 2.34. The monoisotopic (exact) mass is 173 g/mol. The van der Waals surface area contributed by atoms with Crippen molar-refractivity contribution in [3.63, 3.8) is 0 Å². The molecule has 0 aliphatic heterocycles. The Balaban J connectivity index is 2.77. The molecule has 0 saturated carbocycles. The van der Waals surface area contributed by atoms with Gasteiger partial charge >= 0.3 is 0 Å². The smallest absolute Gasteiger partial charge is 0.211 e. The molecule has 0 saturated heterocycles. The molecule has 1 aromatic carbocycles. The van der Waals surface area contributed by atoms with E-state index >= 15 is 0 Å². The average Bonchev–Trinajstić information content (AvgIpc) is 2.15. The highest BCUT2D eigenvalue weighted by Crippen LogP contribution is 2.12. The van der Waals surface area contributed by atoms with Crippen LogP contribution in [0, 0.1) is 6.92 Å². The summed E-state index contributed by atoms with van der Waals surface area (Å²) in [5, 5.41) is 0. The summed E-state index contributed by atoms with van der Waals surface area (Å²) in [5.41, 5.74) is 3.06. The highest BCUT2D eigenvalue weighted by molar-refractivity contribution is 5.65. The van der Waals surface area contributed by atoms with Crippen LogP contribution in [0.5, 0.6) is 0 Å². The SMILES string of the molecule is C=C(CN=C=O)c1ccc(C)cc1. The largest absolute Gasteiger partial charge is 0.235 e. The first-order chi connectivity index (χ1) is 6.24. The first-order valence-corrected chi connectivity index (χ1v) is 4.02. The number of rotatable bonds is 3. The lowest BCUT2D eigenvalue weighted by Gasteiger charge is -2.01. The fourth-order valence-corrected chi connectivity index (χ4v) is 1.01. The van der Waals surface area contributed by atoms with E-state index in [0.717, 1.165) is 11.1 Å². The molecule has 2 heteroatoms. The second kappa shape index (κ2) is 4.39. The van der Waals surface area contributed by atoms with Gasteiger partial charge in [-0.3, -0.25) is 0 Å². The van der Waals surface area contributed by atoms with Gasteiger partial charge in [-0.2, -0.15) is 0 Å². The molecule has 2 nitrogen and oxygen atoms in total. The number of aryl methyl sites for hydroxylation is 1. The van der Waals surface area contributed by atoms with Crippen LogP contribution < -0.4 is 0 Å². The van der Waals surface area contributed by atoms with Crippen molar-refractivity contribution in [2.24, 2.45) is 4.99 Å². The van der Waals surface area contributed by atoms with Crippen molar-refractivity contribution >= 4 is 11.7 Å². The highest BCUT2D eigenvalue weighted by Gasteiger charge is 1.96. The van der Waals surface area contributed by atoms with Crippen LogP contribution in [0.3, 0.4) is 0 Å². The zero-order chi connectivity index (χ0) is 9.68. The minimum Gasteiger partial charge on any atom is -0.211 e. The first kappa shape index (κ1) is 9.43. The Morgan fingerprint density at radius 2 is 2.08 bits per heavy atom. The quantitative estimate of drug-likeness (QED) is 0.509. The van der Waals surface area contributed by atoms with Gasteiger partial charge in [0.05, 0.1) is 6.54 Å². The summed E-state index contributed by atoms with van der Waals surface area (Å²) in [5.74, 6) is 0. The van der Waals surface area contributed by atoms with Gasteiger partial charge in [0, 0.05) is 0 Å². The molecule has 0 unspecified atom stereocenters. The van der Waals surface area contributed by atoms with Gasteiger partial charge in [0.15, 0.2) is 0 Å². The number of hydrogen-bond acceptors (Lipinski definition) is 2. The molecule has 0 fully saturated rings. The summed E-state index contributed by atoms with van der Waals surface area (Å²) >= 11 is 0. The zero-order valence-corrected chi connectivity index (χ0v) is 7.58. The van der Waals surface area contributed by atoms with Crippen LogP contribution in [-0.4, -0.2) is 12.6 Å². The highest BCUT2D eigenvalue weighted by atomic mass is 16.1. The van der Waals surface area contributed by atoms with E-state index in [-0.39, 0.29) is 0 Å². The summed E-state index contributed by atoms with van der Waals surface area (Å²) in [6, 6.07) is 7.95. The molecule has 1 aromatic rings. The van der Waals surface area contributed by atoms with Gasteiger partial charge in [-0.1, -0.05) is 36.4 Å². The normalized spacial score (nSPS) is 9.00. The van der Waals surface area contributed by atoms with Crippen LogP contribution in [0.4, 0.5) is 0 Å². The Kier molecular flexibility index (Phi) is 3.18. The minimum absolute atomic E-state index is 0.326. The number of nitrogens with zero attached hydrogens (tertiary/aromatic N) is 1. The molecule has 0 spiro atoms. The zero-order valence-electron chi connectivity index (χ0n) is 7.58. The molecular formula is C11H11NO. The maximum absolute atomic E-state index is 9.86. The van der Waals surface area contributed by atoms with E-state index in [9.17, 15) is 4.79 Å². The summed E-state index contributed by atoms with van der Waals surface area (Å²) in [6.45, 7) is 6.17. The summed E-state index contributed by atoms with van der Waals surface area (Å²) in [4.78, 5) is 13.3. The van der Waals surface area contributed by atoms with E-state index in [0.29, 0.717) is 6.54 Å². The van der Waals surface area contributed by atoms with E-state index in [1.54, 1.807) is 0 Å². The average molecular weight is 173 g/mol. The van der Waals surface area contributed by atoms with Gasteiger partial charge in [-0.15, -0.1) is 0 Å². The number of aliphatic imine (C=N–C) groups is 1. The molecule has 0 aromatic heterocycles. The molecule has 0 heterocycles. The number of hydrogen-bond donors (Lipinski definition) is 0. The lowest BCUT2D eigenvalue weighted by atomic mass is 10.1. The summed E-state index contributed by atoms with van der Waals surface area (Å²) < 4.78 is 0. The number of isocyanates is 1. The van der Waals surface area contributed by atoms with Crippen LogP contribution >= 0.6 is 0 Å². The molecule has 0 radical (unpaired) electrons. The van der Waals surface area contributed by atoms with Crippen LogP contribution in [0.25, 0.3) is 5.57 Å². The van der Waals surface area contributed by atoms with Gasteiger partial charge < -0.3 is 0 Å². The van der Waals surface area contributed by atoms with Crippen molar-refractivity contribution in [2.75, 3.05) is 6.54 Å². The number of carbonyl (C=O) groups excluding carboxylic acids is 1. The molecule has 0 aliphatic carbocycles. The maximum atomic E-state index is 9.86. The molecule has 66 valence electrons.